The van der Waals surface area contributed by atoms with Crippen LogP contribution >= 0.6 is 15.9 Å². The van der Waals surface area contributed by atoms with E-state index in [-0.39, 0.29) is 0 Å². The zero-order valence-electron chi connectivity index (χ0n) is 10.2. The number of halogens is 1. The molecule has 2 aromatic rings. The molecule has 0 bridgehead atoms. The van der Waals surface area contributed by atoms with E-state index < -0.39 is 0 Å². The van der Waals surface area contributed by atoms with Crippen molar-refractivity contribution in [1.29, 1.82) is 0 Å². The summed E-state index contributed by atoms with van der Waals surface area (Å²) in [5, 5.41) is 0. The van der Waals surface area contributed by atoms with Gasteiger partial charge in [0, 0.05) is 10.0 Å². The lowest BCUT2D eigenvalue weighted by Gasteiger charge is -2.09. The third-order valence-corrected chi connectivity index (χ3v) is 3.91. The highest BCUT2D eigenvalue weighted by Crippen LogP contribution is 2.29. The number of carbonyl (C=O) groups is 1. The third-order valence-electron chi connectivity index (χ3n) is 2.66. The molecule has 0 unspecified atom stereocenters. The molecule has 0 heterocycles. The first-order valence-electron chi connectivity index (χ1n) is 5.60. The van der Waals surface area contributed by atoms with Crippen LogP contribution in [-0.2, 0) is 0 Å². The average Bonchev–Trinajstić information content (AvgIpc) is 2.37. The molecule has 92 valence electrons. The maximum absolute atomic E-state index is 10.6. The van der Waals surface area contributed by atoms with Crippen LogP contribution in [-0.4, -0.2) is 6.29 Å². The van der Waals surface area contributed by atoms with Crippen molar-refractivity contribution in [2.24, 2.45) is 0 Å². The number of carbonyl (C=O) groups excluding carboxylic acids is 1. The SMILES string of the molecule is Cc1cc(Oc2ccc(C=O)cc2)cc(C)c1Br. The first-order chi connectivity index (χ1) is 8.60. The molecule has 18 heavy (non-hydrogen) atoms. The van der Waals surface area contributed by atoms with Gasteiger partial charge in [-0.25, -0.2) is 0 Å². The molecule has 0 N–H and O–H groups in total. The van der Waals surface area contributed by atoms with Crippen molar-refractivity contribution in [2.75, 3.05) is 0 Å². The minimum atomic E-state index is 0.644. The van der Waals surface area contributed by atoms with E-state index in [4.69, 9.17) is 4.74 Å². The van der Waals surface area contributed by atoms with Gasteiger partial charge in [-0.1, -0.05) is 15.9 Å². The highest BCUT2D eigenvalue weighted by atomic mass is 79.9. The van der Waals surface area contributed by atoms with E-state index in [9.17, 15) is 4.79 Å². The van der Waals surface area contributed by atoms with Crippen LogP contribution in [0.25, 0.3) is 0 Å². The Labute approximate surface area is 115 Å². The van der Waals surface area contributed by atoms with E-state index in [2.05, 4.69) is 15.9 Å². The quantitative estimate of drug-likeness (QED) is 0.770. The molecular weight excluding hydrogens is 292 g/mol. The van der Waals surface area contributed by atoms with Gasteiger partial charge < -0.3 is 4.74 Å². The lowest BCUT2D eigenvalue weighted by Crippen LogP contribution is -1.89. The summed E-state index contributed by atoms with van der Waals surface area (Å²) >= 11 is 3.52. The lowest BCUT2D eigenvalue weighted by molar-refractivity contribution is 0.112. The van der Waals surface area contributed by atoms with Gasteiger partial charge in [-0.15, -0.1) is 0 Å². The molecule has 2 aromatic carbocycles. The second-order valence-corrected chi connectivity index (χ2v) is 4.95. The zero-order chi connectivity index (χ0) is 13.1. The molecule has 0 spiro atoms. The summed E-state index contributed by atoms with van der Waals surface area (Å²) in [6.07, 6.45) is 0.817. The highest BCUT2D eigenvalue weighted by Gasteiger charge is 2.04. The van der Waals surface area contributed by atoms with Crippen molar-refractivity contribution in [3.05, 3.63) is 57.6 Å². The van der Waals surface area contributed by atoms with E-state index in [1.165, 1.54) is 0 Å². The maximum Gasteiger partial charge on any atom is 0.150 e. The van der Waals surface area contributed by atoms with Gasteiger partial charge in [-0.05, 0) is 61.4 Å². The number of benzene rings is 2. The smallest absolute Gasteiger partial charge is 0.150 e. The van der Waals surface area contributed by atoms with Gasteiger partial charge in [0.2, 0.25) is 0 Å². The molecule has 0 aliphatic rings. The minimum absolute atomic E-state index is 0.644. The van der Waals surface area contributed by atoms with Crippen LogP contribution in [0.1, 0.15) is 21.5 Å². The average molecular weight is 305 g/mol. The molecular formula is C15H13BrO2. The Balaban J connectivity index is 2.25. The molecule has 0 aromatic heterocycles. The summed E-state index contributed by atoms with van der Waals surface area (Å²) in [6, 6.07) is 11.0. The molecule has 0 fully saturated rings. The summed E-state index contributed by atoms with van der Waals surface area (Å²) in [5.74, 6) is 1.52. The van der Waals surface area contributed by atoms with E-state index >= 15 is 0 Å². The van der Waals surface area contributed by atoms with Crippen LogP contribution < -0.4 is 4.74 Å². The Hall–Kier alpha value is -1.61. The normalized spacial score (nSPS) is 10.2. The molecule has 0 saturated carbocycles. The zero-order valence-corrected chi connectivity index (χ0v) is 11.8. The lowest BCUT2D eigenvalue weighted by atomic mass is 10.1. The molecule has 2 rings (SSSR count). The molecule has 3 heteroatoms. The summed E-state index contributed by atoms with van der Waals surface area (Å²) in [5.41, 5.74) is 2.91. The van der Waals surface area contributed by atoms with Crippen LogP contribution in [0.4, 0.5) is 0 Å². The fourth-order valence-corrected chi connectivity index (χ4v) is 1.94. The standard InChI is InChI=1S/C15H13BrO2/c1-10-7-14(8-11(2)15(10)16)18-13-5-3-12(9-17)4-6-13/h3-9H,1-2H3. The molecule has 2 nitrogen and oxygen atoms in total. The summed E-state index contributed by atoms with van der Waals surface area (Å²) in [6.45, 7) is 4.05. The van der Waals surface area contributed by atoms with Crippen molar-refractivity contribution in [2.45, 2.75) is 13.8 Å². The monoisotopic (exact) mass is 304 g/mol. The highest BCUT2D eigenvalue weighted by molar-refractivity contribution is 9.10. The van der Waals surface area contributed by atoms with Gasteiger partial charge in [0.1, 0.15) is 17.8 Å². The Kier molecular flexibility index (Phi) is 3.82. The second kappa shape index (κ2) is 5.36. The van der Waals surface area contributed by atoms with Crippen LogP contribution in [0.3, 0.4) is 0 Å². The van der Waals surface area contributed by atoms with Crippen molar-refractivity contribution < 1.29 is 9.53 Å². The third kappa shape index (κ3) is 2.79. The number of aryl methyl sites for hydroxylation is 2. The predicted octanol–water partition coefficient (Wildman–Crippen LogP) is 4.67. The van der Waals surface area contributed by atoms with Gasteiger partial charge in [-0.3, -0.25) is 4.79 Å². The first kappa shape index (κ1) is 12.8. The van der Waals surface area contributed by atoms with Crippen molar-refractivity contribution in [3.8, 4) is 11.5 Å². The number of ether oxygens (including phenoxy) is 1. The number of rotatable bonds is 3. The molecule has 0 aliphatic heterocycles. The van der Waals surface area contributed by atoms with Crippen LogP contribution in [0.2, 0.25) is 0 Å². The molecule has 0 amide bonds. The van der Waals surface area contributed by atoms with Crippen LogP contribution in [0.5, 0.6) is 11.5 Å². The Morgan fingerprint density at radius 3 is 2.06 bits per heavy atom. The van der Waals surface area contributed by atoms with Gasteiger partial charge in [0.15, 0.2) is 0 Å². The van der Waals surface area contributed by atoms with Crippen LogP contribution in [0, 0.1) is 13.8 Å². The van der Waals surface area contributed by atoms with Crippen LogP contribution in [0.15, 0.2) is 40.9 Å². The fourth-order valence-electron chi connectivity index (χ4n) is 1.72. The van der Waals surface area contributed by atoms with Gasteiger partial charge in [0.25, 0.3) is 0 Å². The summed E-state index contributed by atoms with van der Waals surface area (Å²) in [4.78, 5) is 10.6. The topological polar surface area (TPSA) is 26.3 Å². The summed E-state index contributed by atoms with van der Waals surface area (Å²) < 4.78 is 6.86. The number of hydrogen-bond acceptors (Lipinski definition) is 2. The van der Waals surface area contributed by atoms with Crippen molar-refractivity contribution in [3.63, 3.8) is 0 Å². The van der Waals surface area contributed by atoms with E-state index in [0.717, 1.165) is 33.4 Å². The minimum Gasteiger partial charge on any atom is -0.457 e. The number of hydrogen-bond donors (Lipinski definition) is 0. The Morgan fingerprint density at radius 1 is 1.00 bits per heavy atom. The Bertz CT molecular complexity index is 551. The fraction of sp³-hybridized carbons (Fsp3) is 0.133. The van der Waals surface area contributed by atoms with E-state index in [0.29, 0.717) is 5.56 Å². The number of aldehydes is 1. The molecule has 0 radical (unpaired) electrons. The van der Waals surface area contributed by atoms with Gasteiger partial charge >= 0.3 is 0 Å². The van der Waals surface area contributed by atoms with Crippen molar-refractivity contribution >= 4 is 22.2 Å². The van der Waals surface area contributed by atoms with Gasteiger partial charge in [-0.2, -0.15) is 0 Å². The molecule has 0 saturated heterocycles. The Morgan fingerprint density at radius 2 is 1.56 bits per heavy atom. The first-order valence-corrected chi connectivity index (χ1v) is 6.39. The molecule has 0 aliphatic carbocycles. The maximum atomic E-state index is 10.6. The molecule has 0 atom stereocenters. The van der Waals surface area contributed by atoms with Crippen molar-refractivity contribution in [1.82, 2.24) is 0 Å². The van der Waals surface area contributed by atoms with E-state index in [1.54, 1.807) is 24.3 Å². The largest absolute Gasteiger partial charge is 0.457 e. The predicted molar refractivity (Wildman–Crippen MR) is 75.5 cm³/mol. The van der Waals surface area contributed by atoms with E-state index in [1.807, 2.05) is 26.0 Å². The summed E-state index contributed by atoms with van der Waals surface area (Å²) in [7, 11) is 0. The second-order valence-electron chi connectivity index (χ2n) is 4.16. The van der Waals surface area contributed by atoms with Gasteiger partial charge in [0.05, 0.1) is 0 Å².